The van der Waals surface area contributed by atoms with Crippen molar-refractivity contribution in [3.05, 3.63) is 65.2 Å². The van der Waals surface area contributed by atoms with Crippen molar-refractivity contribution in [2.45, 2.75) is 102 Å². The Morgan fingerprint density at radius 2 is 1.77 bits per heavy atom. The molecule has 5 atom stereocenters. The lowest BCUT2D eigenvalue weighted by Gasteiger charge is -2.53. The van der Waals surface area contributed by atoms with Crippen LogP contribution in [0.25, 0.3) is 0 Å². The predicted molar refractivity (Wildman–Crippen MR) is 161 cm³/mol. The molecular formula is C32H47NO4SSi. The van der Waals surface area contributed by atoms with Crippen LogP contribution in [0.2, 0.25) is 18.1 Å². The summed E-state index contributed by atoms with van der Waals surface area (Å²) >= 11 is 0. The molecule has 5 nitrogen and oxygen atoms in total. The van der Waals surface area contributed by atoms with Crippen molar-refractivity contribution in [1.29, 1.82) is 0 Å². The summed E-state index contributed by atoms with van der Waals surface area (Å²) in [5, 5.41) is 12.1. The molecule has 0 aliphatic heterocycles. The van der Waals surface area contributed by atoms with Crippen molar-refractivity contribution in [3.8, 4) is 5.75 Å². The molecule has 2 saturated carbocycles. The maximum Gasteiger partial charge on any atom is 0.250 e. The van der Waals surface area contributed by atoms with Crippen LogP contribution in [0.4, 0.5) is 0 Å². The van der Waals surface area contributed by atoms with Crippen molar-refractivity contribution in [2.24, 2.45) is 17.3 Å². The Balaban J connectivity index is 1.31. The molecule has 5 rings (SSSR count). The number of sulfonamides is 1. The highest BCUT2D eigenvalue weighted by Crippen LogP contribution is 2.64. The van der Waals surface area contributed by atoms with E-state index < -0.39 is 29.4 Å². The largest absolute Gasteiger partial charge is 0.543 e. The lowest BCUT2D eigenvalue weighted by molar-refractivity contribution is -0.0878. The molecule has 0 bridgehead atoms. The summed E-state index contributed by atoms with van der Waals surface area (Å²) < 4.78 is 35.6. The summed E-state index contributed by atoms with van der Waals surface area (Å²) in [4.78, 5) is 0. The number of aliphatic hydroxyl groups is 1. The van der Waals surface area contributed by atoms with Crippen LogP contribution >= 0.6 is 0 Å². The van der Waals surface area contributed by atoms with Crippen LogP contribution in [-0.2, 0) is 23.0 Å². The maximum absolute atomic E-state index is 13.1. The van der Waals surface area contributed by atoms with E-state index >= 15 is 0 Å². The van der Waals surface area contributed by atoms with Gasteiger partial charge >= 0.3 is 0 Å². The van der Waals surface area contributed by atoms with Crippen LogP contribution in [0.15, 0.2) is 48.5 Å². The Morgan fingerprint density at radius 3 is 2.46 bits per heavy atom. The number of fused-ring (bicyclic) bond motifs is 5. The average Bonchev–Trinajstić information content (AvgIpc) is 3.12. The van der Waals surface area contributed by atoms with E-state index in [4.69, 9.17) is 4.43 Å². The molecule has 2 aromatic rings. The monoisotopic (exact) mass is 569 g/mol. The molecule has 214 valence electrons. The minimum Gasteiger partial charge on any atom is -0.543 e. The van der Waals surface area contributed by atoms with Gasteiger partial charge in [0.2, 0.25) is 18.3 Å². The fourth-order valence-corrected chi connectivity index (χ4v) is 10.2. The first-order valence-corrected chi connectivity index (χ1v) is 19.3. The lowest BCUT2D eigenvalue weighted by atomic mass is 9.53. The molecule has 7 heteroatoms. The van der Waals surface area contributed by atoms with Gasteiger partial charge in [-0.2, -0.15) is 0 Å². The van der Waals surface area contributed by atoms with E-state index in [1.807, 2.05) is 30.3 Å². The number of aryl methyl sites for hydroxylation is 1. The third-order valence-electron chi connectivity index (χ3n) is 11.0. The van der Waals surface area contributed by atoms with E-state index in [0.717, 1.165) is 43.4 Å². The van der Waals surface area contributed by atoms with Gasteiger partial charge in [0.1, 0.15) is 5.75 Å². The molecule has 0 unspecified atom stereocenters. The van der Waals surface area contributed by atoms with E-state index in [0.29, 0.717) is 24.2 Å². The highest BCUT2D eigenvalue weighted by molar-refractivity contribution is 7.89. The van der Waals surface area contributed by atoms with Gasteiger partial charge in [0.05, 0.1) is 11.4 Å². The molecule has 39 heavy (non-hydrogen) atoms. The minimum absolute atomic E-state index is 0.158. The second-order valence-electron chi connectivity index (χ2n) is 14.2. The van der Waals surface area contributed by atoms with E-state index in [1.54, 1.807) is 0 Å². The Labute approximate surface area is 236 Å². The zero-order valence-corrected chi connectivity index (χ0v) is 26.4. The molecule has 0 spiro atoms. The van der Waals surface area contributed by atoms with Crippen LogP contribution in [0.1, 0.15) is 82.4 Å². The van der Waals surface area contributed by atoms with E-state index in [2.05, 4.69) is 63.7 Å². The summed E-state index contributed by atoms with van der Waals surface area (Å²) in [5.74, 6) is 2.08. The van der Waals surface area contributed by atoms with Gasteiger partial charge in [-0.15, -0.1) is 0 Å². The van der Waals surface area contributed by atoms with Crippen LogP contribution in [0.5, 0.6) is 5.75 Å². The van der Waals surface area contributed by atoms with E-state index in [9.17, 15) is 13.5 Å². The highest BCUT2D eigenvalue weighted by Gasteiger charge is 2.62. The van der Waals surface area contributed by atoms with Crippen molar-refractivity contribution in [1.82, 2.24) is 4.72 Å². The molecule has 0 radical (unpaired) electrons. The Kier molecular flexibility index (Phi) is 7.40. The number of hydrogen-bond donors (Lipinski definition) is 2. The second-order valence-corrected chi connectivity index (χ2v) is 20.8. The Bertz CT molecular complexity index is 1310. The second kappa shape index (κ2) is 10.0. The third-order valence-corrected chi connectivity index (χ3v) is 16.8. The molecule has 0 saturated heterocycles. The van der Waals surface area contributed by atoms with E-state index in [1.165, 1.54) is 11.1 Å². The first kappa shape index (κ1) is 28.8. The normalized spacial score (nSPS) is 30.8. The van der Waals surface area contributed by atoms with Crippen molar-refractivity contribution >= 4 is 18.3 Å². The molecule has 3 aliphatic rings. The molecule has 0 aromatic heterocycles. The van der Waals surface area contributed by atoms with E-state index in [-0.39, 0.29) is 17.3 Å². The SMILES string of the molecule is CC(C)(C)[Si](C)(C)Oc1ccc2c(c1)CC[C@@H]1[C@@H]2CC[C@@]2(C)[C@H]1CC[C@@]2(O)CS(=O)(=O)NCc1ccccc1. The summed E-state index contributed by atoms with van der Waals surface area (Å²) in [6.45, 7) is 13.8. The summed E-state index contributed by atoms with van der Waals surface area (Å²) in [6, 6.07) is 16.3. The molecule has 0 heterocycles. The number of rotatable bonds is 7. The van der Waals surface area contributed by atoms with Gasteiger partial charge in [-0.3, -0.25) is 0 Å². The van der Waals surface area contributed by atoms with Crippen molar-refractivity contribution in [2.75, 3.05) is 5.75 Å². The van der Waals surface area contributed by atoms with Gasteiger partial charge < -0.3 is 9.53 Å². The summed E-state index contributed by atoms with van der Waals surface area (Å²) in [5.41, 5.74) is 2.19. The summed E-state index contributed by atoms with van der Waals surface area (Å²) in [7, 11) is -5.53. The van der Waals surface area contributed by atoms with Crippen molar-refractivity contribution < 1.29 is 18.0 Å². The fourth-order valence-electron chi connectivity index (χ4n) is 7.57. The van der Waals surface area contributed by atoms with Gasteiger partial charge in [-0.25, -0.2) is 13.1 Å². The molecular weight excluding hydrogens is 523 g/mol. The third kappa shape index (κ3) is 5.36. The predicted octanol–water partition coefficient (Wildman–Crippen LogP) is 6.78. The van der Waals surface area contributed by atoms with Crippen LogP contribution < -0.4 is 9.15 Å². The lowest BCUT2D eigenvalue weighted by Crippen LogP contribution is -2.55. The average molecular weight is 570 g/mol. The van der Waals surface area contributed by atoms with Gasteiger partial charge in [0, 0.05) is 12.0 Å². The fraction of sp³-hybridized carbons (Fsp3) is 0.625. The highest BCUT2D eigenvalue weighted by atomic mass is 32.2. The van der Waals surface area contributed by atoms with Crippen LogP contribution in [0, 0.1) is 17.3 Å². The topological polar surface area (TPSA) is 75.6 Å². The number of hydrogen-bond acceptors (Lipinski definition) is 4. The van der Waals surface area contributed by atoms with Gasteiger partial charge in [0.25, 0.3) is 0 Å². The molecule has 2 N–H and O–H groups in total. The summed E-state index contributed by atoms with van der Waals surface area (Å²) in [6.07, 6.45) is 5.40. The number of benzene rings is 2. The minimum atomic E-state index is -3.63. The molecule has 0 amide bonds. The molecule has 3 aliphatic carbocycles. The zero-order chi connectivity index (χ0) is 28.3. The maximum atomic E-state index is 13.1. The van der Waals surface area contributed by atoms with Gasteiger partial charge in [0.15, 0.2) is 0 Å². The smallest absolute Gasteiger partial charge is 0.250 e. The van der Waals surface area contributed by atoms with Gasteiger partial charge in [-0.05, 0) is 103 Å². The van der Waals surface area contributed by atoms with Crippen LogP contribution in [-0.4, -0.2) is 33.2 Å². The quantitative estimate of drug-likeness (QED) is 0.361. The first-order valence-electron chi connectivity index (χ1n) is 14.7. The van der Waals surface area contributed by atoms with Crippen molar-refractivity contribution in [3.63, 3.8) is 0 Å². The van der Waals surface area contributed by atoms with Gasteiger partial charge in [-0.1, -0.05) is 64.1 Å². The Morgan fingerprint density at radius 1 is 1.05 bits per heavy atom. The zero-order valence-electron chi connectivity index (χ0n) is 24.6. The molecule has 2 fully saturated rings. The standard InChI is InChI=1S/C32H47NO4SSi/c1-30(2,3)39(5,6)37-25-13-15-26-24(20-25)12-14-28-27(26)16-18-31(4)29(28)17-19-32(31,34)22-38(35,36)33-21-23-10-8-7-9-11-23/h7-11,13,15,20,27-29,33-34H,12,14,16-19,21-22H2,1-6H3/t27-,28-,29+,31+,32-/m1/s1. The van der Waals surface area contributed by atoms with Crippen LogP contribution in [0.3, 0.4) is 0 Å². The molecule has 2 aromatic carbocycles. The number of nitrogens with one attached hydrogen (secondary N) is 1. The first-order chi connectivity index (χ1) is 18.1. The Hall–Kier alpha value is -1.67.